The van der Waals surface area contributed by atoms with Crippen LogP contribution in [0.5, 0.6) is 0 Å². The highest BCUT2D eigenvalue weighted by atomic mass is 16.7. The van der Waals surface area contributed by atoms with Crippen LogP contribution >= 0.6 is 0 Å². The van der Waals surface area contributed by atoms with Crippen molar-refractivity contribution in [3.05, 3.63) is 35.4 Å². The molecule has 0 saturated carbocycles. The Balaban J connectivity index is 2.17. The van der Waals surface area contributed by atoms with Crippen molar-refractivity contribution < 1.29 is 14.6 Å². The average molecular weight is 236 g/mol. The second kappa shape index (κ2) is 4.77. The Hall–Kier alpha value is -0.900. The Labute approximate surface area is 102 Å². The minimum atomic E-state index is -0.719. The highest BCUT2D eigenvalue weighted by molar-refractivity contribution is 5.27. The SMILES string of the molecule is CC(C)c1ccc(C2(C)OCC(CO)O2)cc1. The first-order chi connectivity index (χ1) is 8.05. The molecule has 1 N–H and O–H groups in total. The molecule has 17 heavy (non-hydrogen) atoms. The highest BCUT2D eigenvalue weighted by Crippen LogP contribution is 2.34. The molecule has 2 unspecified atom stereocenters. The smallest absolute Gasteiger partial charge is 0.192 e. The van der Waals surface area contributed by atoms with Crippen molar-refractivity contribution in [3.8, 4) is 0 Å². The minimum Gasteiger partial charge on any atom is -0.394 e. The number of rotatable bonds is 3. The molecular weight excluding hydrogens is 216 g/mol. The van der Waals surface area contributed by atoms with Crippen molar-refractivity contribution in [3.63, 3.8) is 0 Å². The Morgan fingerprint density at radius 2 is 2.00 bits per heavy atom. The second-order valence-electron chi connectivity index (χ2n) is 4.96. The van der Waals surface area contributed by atoms with E-state index in [0.29, 0.717) is 12.5 Å². The van der Waals surface area contributed by atoms with Gasteiger partial charge in [-0.2, -0.15) is 0 Å². The first-order valence-electron chi connectivity index (χ1n) is 6.08. The number of hydrogen-bond donors (Lipinski definition) is 1. The molecule has 3 heteroatoms. The van der Waals surface area contributed by atoms with Crippen molar-refractivity contribution in [2.75, 3.05) is 13.2 Å². The van der Waals surface area contributed by atoms with E-state index in [1.54, 1.807) is 0 Å². The van der Waals surface area contributed by atoms with Gasteiger partial charge in [0.2, 0.25) is 0 Å². The predicted octanol–water partition coefficient (Wildman–Crippen LogP) is 2.39. The zero-order valence-electron chi connectivity index (χ0n) is 10.6. The normalized spacial score (nSPS) is 28.9. The van der Waals surface area contributed by atoms with E-state index in [1.165, 1.54) is 5.56 Å². The molecule has 0 amide bonds. The van der Waals surface area contributed by atoms with Crippen LogP contribution in [0.3, 0.4) is 0 Å². The van der Waals surface area contributed by atoms with Crippen LogP contribution in [0.25, 0.3) is 0 Å². The third-order valence-electron chi connectivity index (χ3n) is 3.24. The van der Waals surface area contributed by atoms with Crippen molar-refractivity contribution in [2.24, 2.45) is 0 Å². The molecule has 0 spiro atoms. The van der Waals surface area contributed by atoms with Crippen LogP contribution in [0.15, 0.2) is 24.3 Å². The van der Waals surface area contributed by atoms with Crippen molar-refractivity contribution in [1.82, 2.24) is 0 Å². The molecule has 2 atom stereocenters. The number of hydrogen-bond acceptors (Lipinski definition) is 3. The minimum absolute atomic E-state index is 0.000330. The summed E-state index contributed by atoms with van der Waals surface area (Å²) in [5.41, 5.74) is 2.30. The molecule has 3 nitrogen and oxygen atoms in total. The Morgan fingerprint density at radius 1 is 1.35 bits per heavy atom. The average Bonchev–Trinajstić information content (AvgIpc) is 2.73. The van der Waals surface area contributed by atoms with Crippen LogP contribution in [0.4, 0.5) is 0 Å². The quantitative estimate of drug-likeness (QED) is 0.875. The van der Waals surface area contributed by atoms with Gasteiger partial charge in [0, 0.05) is 5.56 Å². The van der Waals surface area contributed by atoms with E-state index in [9.17, 15) is 0 Å². The lowest BCUT2D eigenvalue weighted by Crippen LogP contribution is -2.24. The first kappa shape index (κ1) is 12.6. The summed E-state index contributed by atoms with van der Waals surface area (Å²) in [6, 6.07) is 8.28. The molecule has 1 aliphatic rings. The summed E-state index contributed by atoms with van der Waals surface area (Å²) in [6.45, 7) is 6.67. The Kier molecular flexibility index (Phi) is 3.52. The molecule has 1 aromatic carbocycles. The fraction of sp³-hybridized carbons (Fsp3) is 0.571. The van der Waals surface area contributed by atoms with Gasteiger partial charge < -0.3 is 14.6 Å². The molecule has 1 aromatic rings. The summed E-state index contributed by atoms with van der Waals surface area (Å²) in [7, 11) is 0. The van der Waals surface area contributed by atoms with E-state index in [0.717, 1.165) is 5.56 Å². The Bertz CT molecular complexity index is 372. The molecule has 0 bridgehead atoms. The van der Waals surface area contributed by atoms with Gasteiger partial charge in [0.25, 0.3) is 0 Å². The van der Waals surface area contributed by atoms with E-state index in [-0.39, 0.29) is 12.7 Å². The van der Waals surface area contributed by atoms with E-state index in [4.69, 9.17) is 14.6 Å². The molecule has 1 saturated heterocycles. The molecule has 0 aromatic heterocycles. The van der Waals surface area contributed by atoms with Crippen LogP contribution in [-0.2, 0) is 15.3 Å². The summed E-state index contributed by atoms with van der Waals surface area (Å²) in [6.07, 6.45) is -0.218. The molecule has 1 heterocycles. The summed E-state index contributed by atoms with van der Waals surface area (Å²) in [5.74, 6) is -0.199. The zero-order chi connectivity index (χ0) is 12.5. The highest BCUT2D eigenvalue weighted by Gasteiger charge is 2.38. The van der Waals surface area contributed by atoms with Crippen LogP contribution in [0, 0.1) is 0 Å². The lowest BCUT2D eigenvalue weighted by atomic mass is 9.99. The van der Waals surface area contributed by atoms with Gasteiger partial charge >= 0.3 is 0 Å². The van der Waals surface area contributed by atoms with Crippen molar-refractivity contribution in [2.45, 2.75) is 38.6 Å². The fourth-order valence-electron chi connectivity index (χ4n) is 2.05. The van der Waals surface area contributed by atoms with Crippen LogP contribution in [0.2, 0.25) is 0 Å². The van der Waals surface area contributed by atoms with E-state index in [1.807, 2.05) is 19.1 Å². The van der Waals surface area contributed by atoms with E-state index < -0.39 is 5.79 Å². The van der Waals surface area contributed by atoms with Crippen molar-refractivity contribution >= 4 is 0 Å². The lowest BCUT2D eigenvalue weighted by Gasteiger charge is -2.24. The van der Waals surface area contributed by atoms with Gasteiger partial charge in [0.15, 0.2) is 5.79 Å². The van der Waals surface area contributed by atoms with E-state index >= 15 is 0 Å². The molecule has 1 aliphatic heterocycles. The summed E-state index contributed by atoms with van der Waals surface area (Å²) >= 11 is 0. The lowest BCUT2D eigenvalue weighted by molar-refractivity contribution is -0.165. The largest absolute Gasteiger partial charge is 0.394 e. The number of benzene rings is 1. The van der Waals surface area contributed by atoms with E-state index in [2.05, 4.69) is 26.0 Å². The fourth-order valence-corrected chi connectivity index (χ4v) is 2.05. The van der Waals surface area contributed by atoms with Crippen LogP contribution < -0.4 is 0 Å². The summed E-state index contributed by atoms with van der Waals surface area (Å²) in [5, 5.41) is 9.06. The van der Waals surface area contributed by atoms with Gasteiger partial charge in [-0.3, -0.25) is 0 Å². The second-order valence-corrected chi connectivity index (χ2v) is 4.96. The maximum absolute atomic E-state index is 9.06. The number of ether oxygens (including phenoxy) is 2. The number of aliphatic hydroxyl groups is 1. The van der Waals surface area contributed by atoms with Gasteiger partial charge in [-0.1, -0.05) is 38.1 Å². The molecule has 94 valence electrons. The topological polar surface area (TPSA) is 38.7 Å². The Morgan fingerprint density at radius 3 is 2.47 bits per heavy atom. The molecule has 1 fully saturated rings. The molecular formula is C14H20O3. The van der Waals surface area contributed by atoms with Gasteiger partial charge in [0.1, 0.15) is 6.10 Å². The molecule has 2 rings (SSSR count). The van der Waals surface area contributed by atoms with Gasteiger partial charge in [-0.05, 0) is 18.4 Å². The third kappa shape index (κ3) is 2.51. The molecule has 0 aliphatic carbocycles. The predicted molar refractivity (Wildman–Crippen MR) is 65.8 cm³/mol. The van der Waals surface area contributed by atoms with Crippen LogP contribution in [0.1, 0.15) is 37.8 Å². The zero-order valence-corrected chi connectivity index (χ0v) is 10.6. The van der Waals surface area contributed by atoms with Gasteiger partial charge in [-0.25, -0.2) is 0 Å². The standard InChI is InChI=1S/C14H20O3/c1-10(2)11-4-6-12(7-5-11)14(3)16-9-13(8-15)17-14/h4-7,10,13,15H,8-9H2,1-3H3. The monoisotopic (exact) mass is 236 g/mol. The maximum Gasteiger partial charge on any atom is 0.192 e. The van der Waals surface area contributed by atoms with Crippen LogP contribution in [-0.4, -0.2) is 24.4 Å². The third-order valence-corrected chi connectivity index (χ3v) is 3.24. The first-order valence-corrected chi connectivity index (χ1v) is 6.08. The van der Waals surface area contributed by atoms with Gasteiger partial charge in [0.05, 0.1) is 13.2 Å². The molecule has 0 radical (unpaired) electrons. The maximum atomic E-state index is 9.06. The number of aliphatic hydroxyl groups excluding tert-OH is 1. The van der Waals surface area contributed by atoms with Crippen molar-refractivity contribution in [1.29, 1.82) is 0 Å². The summed E-state index contributed by atoms with van der Waals surface area (Å²) < 4.78 is 11.4. The van der Waals surface area contributed by atoms with Gasteiger partial charge in [-0.15, -0.1) is 0 Å². The summed E-state index contributed by atoms with van der Waals surface area (Å²) in [4.78, 5) is 0.